The van der Waals surface area contributed by atoms with Crippen LogP contribution < -0.4 is 0 Å². The Kier molecular flexibility index (Phi) is 3.89. The van der Waals surface area contributed by atoms with Gasteiger partial charge in [0.25, 0.3) is 0 Å². The normalized spacial score (nSPS) is 15.2. The van der Waals surface area contributed by atoms with Gasteiger partial charge in [-0.2, -0.15) is 4.31 Å². The van der Waals surface area contributed by atoms with Gasteiger partial charge in [0.15, 0.2) is 0 Å². The van der Waals surface area contributed by atoms with Crippen LogP contribution >= 0.6 is 0 Å². The molecule has 1 aliphatic carbocycles. The first-order valence-electron chi connectivity index (χ1n) is 8.47. The summed E-state index contributed by atoms with van der Waals surface area (Å²) in [5.74, 6) is 0. The Balaban J connectivity index is 1.75. The van der Waals surface area contributed by atoms with Crippen molar-refractivity contribution in [1.29, 1.82) is 0 Å². The lowest BCUT2D eigenvalue weighted by Crippen LogP contribution is -2.33. The number of imidazole rings is 1. The molecule has 130 valence electrons. The van der Waals surface area contributed by atoms with Crippen molar-refractivity contribution in [3.63, 3.8) is 0 Å². The second kappa shape index (κ2) is 5.97. The number of benzene rings is 1. The van der Waals surface area contributed by atoms with Crippen molar-refractivity contribution < 1.29 is 8.42 Å². The highest BCUT2D eigenvalue weighted by atomic mass is 32.2. The molecule has 0 saturated heterocycles. The van der Waals surface area contributed by atoms with Crippen LogP contribution in [0.25, 0.3) is 5.65 Å². The summed E-state index contributed by atoms with van der Waals surface area (Å²) in [6.45, 7) is 4.11. The molecule has 0 radical (unpaired) electrons. The van der Waals surface area contributed by atoms with E-state index in [1.54, 1.807) is 16.6 Å². The van der Waals surface area contributed by atoms with Crippen molar-refractivity contribution in [3.05, 3.63) is 65.6 Å². The van der Waals surface area contributed by atoms with Gasteiger partial charge in [0.2, 0.25) is 10.0 Å². The minimum absolute atomic E-state index is 0.0826. The Morgan fingerprint density at radius 1 is 1.20 bits per heavy atom. The van der Waals surface area contributed by atoms with Crippen molar-refractivity contribution >= 4 is 15.7 Å². The van der Waals surface area contributed by atoms with Crippen LogP contribution in [0.5, 0.6) is 0 Å². The summed E-state index contributed by atoms with van der Waals surface area (Å²) in [5.41, 5.74) is 3.46. The standard InChI is InChI=1S/C19H21N3O2S/c1-14-6-7-15(2)18(11-14)25(23,24)22(16-8-9-16)13-17-12-20-19-5-3-4-10-21(17)19/h3-7,10-12,16H,8-9,13H2,1-2H3. The molecule has 3 aromatic rings. The topological polar surface area (TPSA) is 54.7 Å². The summed E-state index contributed by atoms with van der Waals surface area (Å²) in [6.07, 6.45) is 5.53. The van der Waals surface area contributed by atoms with E-state index < -0.39 is 10.0 Å². The quantitative estimate of drug-likeness (QED) is 0.706. The zero-order valence-corrected chi connectivity index (χ0v) is 15.2. The summed E-state index contributed by atoms with van der Waals surface area (Å²) in [6, 6.07) is 11.5. The molecule has 2 heterocycles. The van der Waals surface area contributed by atoms with Gasteiger partial charge >= 0.3 is 0 Å². The van der Waals surface area contributed by atoms with Crippen LogP contribution in [0.1, 0.15) is 29.7 Å². The smallest absolute Gasteiger partial charge is 0.243 e. The number of fused-ring (bicyclic) bond motifs is 1. The zero-order chi connectivity index (χ0) is 17.6. The Hall–Kier alpha value is -2.18. The summed E-state index contributed by atoms with van der Waals surface area (Å²) in [4.78, 5) is 4.79. The third kappa shape index (κ3) is 2.96. The summed E-state index contributed by atoms with van der Waals surface area (Å²) < 4.78 is 30.3. The molecule has 0 N–H and O–H groups in total. The van der Waals surface area contributed by atoms with Crippen molar-refractivity contribution in [2.24, 2.45) is 0 Å². The Bertz CT molecular complexity index is 1040. The Morgan fingerprint density at radius 2 is 2.00 bits per heavy atom. The minimum atomic E-state index is -3.54. The molecule has 4 rings (SSSR count). The molecule has 0 aliphatic heterocycles. The molecular weight excluding hydrogens is 334 g/mol. The molecular formula is C19H21N3O2S. The maximum atomic E-state index is 13.3. The number of aryl methyl sites for hydroxylation is 2. The number of hydrogen-bond donors (Lipinski definition) is 0. The van der Waals surface area contributed by atoms with Crippen LogP contribution in [0, 0.1) is 13.8 Å². The van der Waals surface area contributed by atoms with Gasteiger partial charge in [-0.25, -0.2) is 13.4 Å². The lowest BCUT2D eigenvalue weighted by molar-refractivity contribution is 0.393. The second-order valence-electron chi connectivity index (χ2n) is 6.73. The average Bonchev–Trinajstić information content (AvgIpc) is 3.35. The largest absolute Gasteiger partial charge is 0.303 e. The molecule has 0 amide bonds. The number of hydrogen-bond acceptors (Lipinski definition) is 3. The fourth-order valence-electron chi connectivity index (χ4n) is 3.15. The van der Waals surface area contributed by atoms with Gasteiger partial charge in [0.1, 0.15) is 5.65 Å². The van der Waals surface area contributed by atoms with Gasteiger partial charge in [-0.3, -0.25) is 0 Å². The maximum absolute atomic E-state index is 13.3. The van der Waals surface area contributed by atoms with Crippen LogP contribution in [0.4, 0.5) is 0 Å². The third-order valence-corrected chi connectivity index (χ3v) is 6.74. The fourth-order valence-corrected chi connectivity index (χ4v) is 5.11. The van der Waals surface area contributed by atoms with Crippen LogP contribution in [-0.4, -0.2) is 28.1 Å². The summed E-state index contributed by atoms with van der Waals surface area (Å²) in [5, 5.41) is 0. The van der Waals surface area contributed by atoms with Gasteiger partial charge in [-0.05, 0) is 56.0 Å². The van der Waals surface area contributed by atoms with E-state index in [0.717, 1.165) is 35.3 Å². The Morgan fingerprint density at radius 3 is 2.76 bits per heavy atom. The van der Waals surface area contributed by atoms with E-state index in [1.807, 2.05) is 54.8 Å². The highest BCUT2D eigenvalue weighted by molar-refractivity contribution is 7.89. The molecule has 25 heavy (non-hydrogen) atoms. The molecule has 0 spiro atoms. The van der Waals surface area contributed by atoms with E-state index in [9.17, 15) is 8.42 Å². The molecule has 0 atom stereocenters. The first-order chi connectivity index (χ1) is 12.0. The van der Waals surface area contributed by atoms with E-state index in [0.29, 0.717) is 11.4 Å². The number of nitrogens with zero attached hydrogens (tertiary/aromatic N) is 3. The van der Waals surface area contributed by atoms with Gasteiger partial charge in [-0.1, -0.05) is 18.2 Å². The highest BCUT2D eigenvalue weighted by Crippen LogP contribution is 2.34. The molecule has 1 aromatic carbocycles. The van der Waals surface area contributed by atoms with E-state index >= 15 is 0 Å². The second-order valence-corrected chi connectivity index (χ2v) is 8.59. The van der Waals surface area contributed by atoms with E-state index in [2.05, 4.69) is 4.98 Å². The lowest BCUT2D eigenvalue weighted by Gasteiger charge is -2.23. The fraction of sp³-hybridized carbons (Fsp3) is 0.316. The highest BCUT2D eigenvalue weighted by Gasteiger charge is 2.39. The maximum Gasteiger partial charge on any atom is 0.243 e. The SMILES string of the molecule is Cc1ccc(C)c(S(=O)(=O)N(Cc2cnc3ccccn23)C2CC2)c1. The van der Waals surface area contributed by atoms with Crippen LogP contribution in [-0.2, 0) is 16.6 Å². The molecule has 1 fully saturated rings. The van der Waals surface area contributed by atoms with E-state index in [4.69, 9.17) is 0 Å². The zero-order valence-electron chi connectivity index (χ0n) is 14.4. The average molecular weight is 355 g/mol. The Labute approximate surface area is 148 Å². The number of aromatic nitrogens is 2. The monoisotopic (exact) mass is 355 g/mol. The first-order valence-corrected chi connectivity index (χ1v) is 9.91. The molecule has 2 aromatic heterocycles. The van der Waals surface area contributed by atoms with E-state index in [1.165, 1.54) is 0 Å². The molecule has 6 heteroatoms. The number of sulfonamides is 1. The van der Waals surface area contributed by atoms with Crippen LogP contribution in [0.2, 0.25) is 0 Å². The lowest BCUT2D eigenvalue weighted by atomic mass is 10.2. The van der Waals surface area contributed by atoms with E-state index in [-0.39, 0.29) is 6.04 Å². The number of rotatable bonds is 5. The summed E-state index contributed by atoms with van der Waals surface area (Å²) in [7, 11) is -3.54. The molecule has 0 bridgehead atoms. The first kappa shape index (κ1) is 16.3. The molecule has 5 nitrogen and oxygen atoms in total. The summed E-state index contributed by atoms with van der Waals surface area (Å²) >= 11 is 0. The van der Waals surface area contributed by atoms with Gasteiger partial charge in [0, 0.05) is 12.2 Å². The third-order valence-electron chi connectivity index (χ3n) is 4.70. The number of pyridine rings is 1. The van der Waals surface area contributed by atoms with Crippen LogP contribution in [0.3, 0.4) is 0 Å². The molecule has 1 saturated carbocycles. The molecule has 0 unspecified atom stereocenters. The van der Waals surface area contributed by atoms with Crippen molar-refractivity contribution in [1.82, 2.24) is 13.7 Å². The predicted molar refractivity (Wildman–Crippen MR) is 96.9 cm³/mol. The van der Waals surface area contributed by atoms with Gasteiger partial charge in [0.05, 0.1) is 23.3 Å². The van der Waals surface area contributed by atoms with Crippen molar-refractivity contribution in [2.45, 2.75) is 44.2 Å². The van der Waals surface area contributed by atoms with Crippen molar-refractivity contribution in [3.8, 4) is 0 Å². The van der Waals surface area contributed by atoms with Crippen molar-refractivity contribution in [2.75, 3.05) is 0 Å². The van der Waals surface area contributed by atoms with Crippen LogP contribution in [0.15, 0.2) is 53.7 Å². The predicted octanol–water partition coefficient (Wildman–Crippen LogP) is 3.30. The minimum Gasteiger partial charge on any atom is -0.303 e. The molecule has 1 aliphatic rings. The van der Waals surface area contributed by atoms with Gasteiger partial charge in [-0.15, -0.1) is 0 Å². The van der Waals surface area contributed by atoms with Gasteiger partial charge < -0.3 is 4.40 Å².